The average molecular weight is 436 g/mol. The van der Waals surface area contributed by atoms with E-state index >= 15 is 0 Å². The lowest BCUT2D eigenvalue weighted by Crippen LogP contribution is -2.40. The number of rotatable bonds is 5. The van der Waals surface area contributed by atoms with Gasteiger partial charge in [-0.05, 0) is 80.6 Å². The van der Waals surface area contributed by atoms with Gasteiger partial charge < -0.3 is 20.0 Å². The predicted octanol–water partition coefficient (Wildman–Crippen LogP) is 4.27. The molecule has 0 spiro atoms. The Morgan fingerprint density at radius 3 is 2.56 bits per heavy atom. The van der Waals surface area contributed by atoms with E-state index in [1.165, 1.54) is 22.5 Å². The summed E-state index contributed by atoms with van der Waals surface area (Å²) in [5.74, 6) is 0.321. The lowest BCUT2D eigenvalue weighted by molar-refractivity contribution is 0.0385. The lowest BCUT2D eigenvalue weighted by atomic mass is 9.96. The van der Waals surface area contributed by atoms with Gasteiger partial charge in [0.15, 0.2) is 0 Å². The maximum atomic E-state index is 10.2. The number of aryl methyl sites for hydroxylation is 1. The van der Waals surface area contributed by atoms with Crippen LogP contribution in [-0.2, 0) is 12.8 Å². The Kier molecular flexibility index (Phi) is 6.50. The highest BCUT2D eigenvalue weighted by Crippen LogP contribution is 2.36. The molecule has 1 saturated heterocycles. The van der Waals surface area contributed by atoms with E-state index in [2.05, 4.69) is 46.4 Å². The van der Waals surface area contributed by atoms with E-state index < -0.39 is 5.60 Å². The van der Waals surface area contributed by atoms with Gasteiger partial charge in [-0.15, -0.1) is 0 Å². The molecule has 0 amide bonds. The van der Waals surface area contributed by atoms with Crippen LogP contribution in [0.1, 0.15) is 43.9 Å². The number of aromatic hydroxyl groups is 1. The van der Waals surface area contributed by atoms with E-state index in [9.17, 15) is 10.2 Å². The summed E-state index contributed by atoms with van der Waals surface area (Å²) in [5, 5.41) is 20.0. The molecule has 5 heteroatoms. The van der Waals surface area contributed by atoms with Crippen molar-refractivity contribution in [3.63, 3.8) is 0 Å². The summed E-state index contributed by atoms with van der Waals surface area (Å²) in [6.45, 7) is 16.0. The summed E-state index contributed by atoms with van der Waals surface area (Å²) >= 11 is 0. The molecule has 1 fully saturated rings. The third-order valence-electron chi connectivity index (χ3n) is 6.63. The van der Waals surface area contributed by atoms with Gasteiger partial charge in [0.05, 0.1) is 5.60 Å². The minimum atomic E-state index is -0.653. The first-order valence-corrected chi connectivity index (χ1v) is 11.9. The quantitative estimate of drug-likeness (QED) is 0.735. The fourth-order valence-electron chi connectivity index (χ4n) is 5.11. The number of benzene rings is 2. The maximum Gasteiger partial charge on any atom is 0.115 e. The van der Waals surface area contributed by atoms with E-state index in [0.717, 1.165) is 69.8 Å². The molecule has 4 rings (SSSR count). The highest BCUT2D eigenvalue weighted by atomic mass is 16.3. The van der Waals surface area contributed by atoms with Gasteiger partial charge in [0.1, 0.15) is 5.75 Å². The summed E-state index contributed by atoms with van der Waals surface area (Å²) < 4.78 is 0. The van der Waals surface area contributed by atoms with E-state index in [-0.39, 0.29) is 0 Å². The summed E-state index contributed by atoms with van der Waals surface area (Å²) in [6, 6.07) is 12.4. The van der Waals surface area contributed by atoms with Crippen LogP contribution >= 0.6 is 0 Å². The molecular weight excluding hydrogens is 398 g/mol. The van der Waals surface area contributed by atoms with Gasteiger partial charge in [-0.2, -0.15) is 0 Å². The number of phenolic OH excluding ortho intramolecular Hbond substituents is 1. The van der Waals surface area contributed by atoms with Crippen molar-refractivity contribution >= 4 is 17.1 Å². The molecule has 172 valence electrons. The average Bonchev–Trinajstić information content (AvgIpc) is 2.97. The van der Waals surface area contributed by atoms with Crippen LogP contribution in [0.25, 0.3) is 5.70 Å². The second-order valence-corrected chi connectivity index (χ2v) is 9.79. The smallest absolute Gasteiger partial charge is 0.115 e. The normalized spacial score (nSPS) is 17.9. The zero-order valence-electron chi connectivity index (χ0n) is 19.8. The monoisotopic (exact) mass is 435 g/mol. The number of phenols is 1. The summed E-state index contributed by atoms with van der Waals surface area (Å²) in [7, 11) is 0. The third kappa shape index (κ3) is 4.94. The van der Waals surface area contributed by atoms with Crippen LogP contribution in [0.3, 0.4) is 0 Å². The Hall–Kier alpha value is -2.50. The van der Waals surface area contributed by atoms with E-state index in [0.29, 0.717) is 5.75 Å². The van der Waals surface area contributed by atoms with Crippen molar-refractivity contribution in [3.05, 3.63) is 59.7 Å². The molecule has 2 aromatic rings. The van der Waals surface area contributed by atoms with Crippen LogP contribution in [0.15, 0.2) is 43.0 Å². The highest BCUT2D eigenvalue weighted by Gasteiger charge is 2.24. The molecule has 2 N–H and O–H groups in total. The van der Waals surface area contributed by atoms with Crippen molar-refractivity contribution in [2.75, 3.05) is 49.1 Å². The number of fused-ring (bicyclic) bond motifs is 1. The molecule has 2 aliphatic rings. The zero-order chi connectivity index (χ0) is 22.9. The first kappa shape index (κ1) is 22.7. The predicted molar refractivity (Wildman–Crippen MR) is 134 cm³/mol. The van der Waals surface area contributed by atoms with Crippen molar-refractivity contribution in [3.8, 4) is 5.75 Å². The zero-order valence-corrected chi connectivity index (χ0v) is 19.8. The van der Waals surface area contributed by atoms with E-state index in [4.69, 9.17) is 0 Å². The summed E-state index contributed by atoms with van der Waals surface area (Å²) in [6.07, 6.45) is 2.99. The first-order valence-electron chi connectivity index (χ1n) is 11.9. The number of hydrogen-bond acceptors (Lipinski definition) is 5. The van der Waals surface area contributed by atoms with Crippen LogP contribution in [0.2, 0.25) is 0 Å². The van der Waals surface area contributed by atoms with Gasteiger partial charge in [0.25, 0.3) is 0 Å². The lowest BCUT2D eigenvalue weighted by Gasteiger charge is -2.34. The number of anilines is 2. The molecule has 0 atom stereocenters. The summed E-state index contributed by atoms with van der Waals surface area (Å²) in [4.78, 5) is 7.19. The van der Waals surface area contributed by atoms with Crippen molar-refractivity contribution in [1.29, 1.82) is 0 Å². The van der Waals surface area contributed by atoms with E-state index in [1.54, 1.807) is 6.07 Å². The largest absolute Gasteiger partial charge is 0.508 e. The molecular formula is C27H37N3O2. The Morgan fingerprint density at radius 1 is 1.00 bits per heavy atom. The molecule has 2 aliphatic heterocycles. The summed E-state index contributed by atoms with van der Waals surface area (Å²) in [5.41, 5.74) is 6.51. The number of β-amino-alcohol motifs (C(OH)–C–C–N with tert-alkyl or cyclic N) is 1. The Bertz CT molecular complexity index is 979. The molecule has 0 radical (unpaired) electrons. The van der Waals surface area contributed by atoms with Crippen LogP contribution in [0.5, 0.6) is 5.75 Å². The highest BCUT2D eigenvalue weighted by molar-refractivity contribution is 5.82. The minimum Gasteiger partial charge on any atom is -0.508 e. The molecule has 0 bridgehead atoms. The molecule has 0 unspecified atom stereocenters. The van der Waals surface area contributed by atoms with Crippen LogP contribution in [0.4, 0.5) is 11.4 Å². The van der Waals surface area contributed by atoms with Crippen LogP contribution in [0, 0.1) is 0 Å². The van der Waals surface area contributed by atoms with E-state index in [1.807, 2.05) is 26.0 Å². The van der Waals surface area contributed by atoms with Crippen molar-refractivity contribution < 1.29 is 10.2 Å². The molecule has 0 saturated carbocycles. The van der Waals surface area contributed by atoms with Crippen molar-refractivity contribution in [2.45, 2.75) is 45.6 Å². The topological polar surface area (TPSA) is 50.2 Å². The second-order valence-electron chi connectivity index (χ2n) is 9.79. The molecule has 32 heavy (non-hydrogen) atoms. The Balaban J connectivity index is 1.52. The number of aliphatic hydroxyl groups is 1. The van der Waals surface area contributed by atoms with Gasteiger partial charge >= 0.3 is 0 Å². The molecule has 0 aliphatic carbocycles. The molecule has 0 aromatic heterocycles. The molecule has 2 heterocycles. The number of nitrogens with zero attached hydrogens (tertiary/aromatic N) is 3. The van der Waals surface area contributed by atoms with Crippen LogP contribution in [-0.4, -0.2) is 60.0 Å². The van der Waals surface area contributed by atoms with Crippen molar-refractivity contribution in [2.24, 2.45) is 0 Å². The minimum absolute atomic E-state index is 0.321. The van der Waals surface area contributed by atoms with Gasteiger partial charge in [-0.1, -0.05) is 13.5 Å². The molecule has 2 aromatic carbocycles. The third-order valence-corrected chi connectivity index (χ3v) is 6.63. The fourth-order valence-corrected chi connectivity index (χ4v) is 5.11. The maximum absolute atomic E-state index is 10.2. The second kappa shape index (κ2) is 9.16. The van der Waals surface area contributed by atoms with Gasteiger partial charge in [0.2, 0.25) is 0 Å². The van der Waals surface area contributed by atoms with Gasteiger partial charge in [-0.25, -0.2) is 0 Å². The SMILES string of the molecule is C=C1c2ccc(O)cc2CCN1c1ccc(N2CCCN(CC(C)(C)O)CC2)c(CC)c1. The Morgan fingerprint density at radius 2 is 1.81 bits per heavy atom. The standard InChI is InChI=1S/C27H37N3O2/c1-5-21-17-23(30-14-11-22-18-24(31)8-9-25(22)20(30)2)7-10-26(21)29-13-6-12-28(15-16-29)19-27(3,4)32/h7-10,17-18,31-32H,2,5-6,11-16,19H2,1,3-4H3. The van der Waals surface area contributed by atoms with Gasteiger partial charge in [-0.3, -0.25) is 4.90 Å². The Labute approximate surface area is 192 Å². The van der Waals surface area contributed by atoms with Crippen LogP contribution < -0.4 is 9.80 Å². The fraction of sp³-hybridized carbons (Fsp3) is 0.481. The first-order chi connectivity index (χ1) is 15.2. The molecule has 5 nitrogen and oxygen atoms in total. The van der Waals surface area contributed by atoms with Crippen molar-refractivity contribution in [1.82, 2.24) is 4.90 Å². The number of hydrogen-bond donors (Lipinski definition) is 2. The van der Waals surface area contributed by atoms with Gasteiger partial charge in [0, 0.05) is 61.9 Å².